The molecule has 1 aliphatic heterocycles. The van der Waals surface area contributed by atoms with E-state index in [4.69, 9.17) is 0 Å². The van der Waals surface area contributed by atoms with Crippen LogP contribution in [0, 0.1) is 10.1 Å². The van der Waals surface area contributed by atoms with Gasteiger partial charge in [-0.2, -0.15) is 0 Å². The van der Waals surface area contributed by atoms with Crippen molar-refractivity contribution in [3.8, 4) is 5.75 Å². The molecule has 0 aromatic heterocycles. The number of rotatable bonds is 4. The first-order valence-electron chi connectivity index (χ1n) is 7.48. The van der Waals surface area contributed by atoms with Gasteiger partial charge in [-0.15, -0.1) is 0 Å². The summed E-state index contributed by atoms with van der Waals surface area (Å²) in [4.78, 5) is 21.9. The van der Waals surface area contributed by atoms with E-state index in [1.807, 2.05) is 0 Å². The highest BCUT2D eigenvalue weighted by molar-refractivity contribution is 7.92. The van der Waals surface area contributed by atoms with Crippen LogP contribution in [0.2, 0.25) is 0 Å². The van der Waals surface area contributed by atoms with Gasteiger partial charge in [0.2, 0.25) is 5.91 Å². The van der Waals surface area contributed by atoms with Gasteiger partial charge in [0, 0.05) is 11.8 Å². The standard InChI is InChI=1S/C16H15N3O6S/c1-16(2)11-8-10(4-5-12(11)17-15(16)21)26(24,25)18-9-3-6-14(20)13(7-9)19(22)23/h3-8,18,20H,1-2H3,(H,17,21). The Kier molecular flexibility index (Phi) is 3.87. The van der Waals surface area contributed by atoms with Crippen LogP contribution in [-0.4, -0.2) is 24.4 Å². The van der Waals surface area contributed by atoms with Gasteiger partial charge < -0.3 is 10.4 Å². The molecule has 1 aliphatic rings. The lowest BCUT2D eigenvalue weighted by atomic mass is 9.86. The third-order valence-electron chi connectivity index (χ3n) is 4.21. The first kappa shape index (κ1) is 17.7. The monoisotopic (exact) mass is 377 g/mol. The Hall–Kier alpha value is -3.14. The van der Waals surface area contributed by atoms with Crippen LogP contribution in [0.1, 0.15) is 19.4 Å². The molecule has 3 rings (SSSR count). The molecule has 2 aromatic carbocycles. The minimum Gasteiger partial charge on any atom is -0.502 e. The number of sulfonamides is 1. The van der Waals surface area contributed by atoms with Crippen molar-refractivity contribution >= 4 is 33.0 Å². The molecule has 1 amide bonds. The molecule has 0 fully saturated rings. The fraction of sp³-hybridized carbons (Fsp3) is 0.188. The average molecular weight is 377 g/mol. The largest absolute Gasteiger partial charge is 0.502 e. The molecule has 26 heavy (non-hydrogen) atoms. The van der Waals surface area contributed by atoms with Crippen molar-refractivity contribution in [1.82, 2.24) is 0 Å². The average Bonchev–Trinajstić information content (AvgIpc) is 2.78. The minimum atomic E-state index is -4.05. The summed E-state index contributed by atoms with van der Waals surface area (Å²) < 4.78 is 27.5. The highest BCUT2D eigenvalue weighted by atomic mass is 32.2. The maximum absolute atomic E-state index is 12.6. The normalized spacial score (nSPS) is 15.2. The highest BCUT2D eigenvalue weighted by Gasteiger charge is 2.39. The Morgan fingerprint density at radius 3 is 2.54 bits per heavy atom. The van der Waals surface area contributed by atoms with Crippen LogP contribution in [-0.2, 0) is 20.2 Å². The van der Waals surface area contributed by atoms with E-state index in [0.29, 0.717) is 11.3 Å². The van der Waals surface area contributed by atoms with E-state index in [-0.39, 0.29) is 16.5 Å². The van der Waals surface area contributed by atoms with Crippen molar-refractivity contribution < 1.29 is 23.2 Å². The molecule has 0 radical (unpaired) electrons. The number of phenols is 1. The highest BCUT2D eigenvalue weighted by Crippen LogP contribution is 2.38. The number of nitro groups is 1. The fourth-order valence-corrected chi connectivity index (χ4v) is 3.74. The Morgan fingerprint density at radius 1 is 1.19 bits per heavy atom. The number of nitrogens with one attached hydrogen (secondary N) is 2. The van der Waals surface area contributed by atoms with Gasteiger partial charge in [0.15, 0.2) is 5.75 Å². The molecule has 2 aromatic rings. The number of hydrogen-bond acceptors (Lipinski definition) is 6. The Bertz CT molecular complexity index is 1050. The lowest BCUT2D eigenvalue weighted by Gasteiger charge is -2.16. The number of anilines is 2. The summed E-state index contributed by atoms with van der Waals surface area (Å²) in [6.07, 6.45) is 0. The molecule has 9 nitrogen and oxygen atoms in total. The van der Waals surface area contributed by atoms with Crippen LogP contribution in [0.5, 0.6) is 5.75 Å². The number of carbonyl (C=O) groups is 1. The molecule has 0 aliphatic carbocycles. The number of aromatic hydroxyl groups is 1. The number of nitrogens with zero attached hydrogens (tertiary/aromatic N) is 1. The van der Waals surface area contributed by atoms with E-state index in [1.165, 1.54) is 24.3 Å². The van der Waals surface area contributed by atoms with Crippen molar-refractivity contribution in [1.29, 1.82) is 0 Å². The second-order valence-electron chi connectivity index (χ2n) is 6.35. The summed E-state index contributed by atoms with van der Waals surface area (Å²) in [5.74, 6) is -0.800. The summed E-state index contributed by atoms with van der Waals surface area (Å²) in [7, 11) is -4.05. The fourth-order valence-electron chi connectivity index (χ4n) is 2.66. The predicted octanol–water partition coefficient (Wildman–Crippen LogP) is 2.33. The van der Waals surface area contributed by atoms with E-state index >= 15 is 0 Å². The van der Waals surface area contributed by atoms with Gasteiger partial charge in [0.05, 0.1) is 20.9 Å². The molecule has 0 bridgehead atoms. The van der Waals surface area contributed by atoms with Crippen LogP contribution in [0.4, 0.5) is 17.1 Å². The Labute approximate surface area is 148 Å². The van der Waals surface area contributed by atoms with E-state index in [9.17, 15) is 28.4 Å². The molecule has 1 heterocycles. The smallest absolute Gasteiger partial charge is 0.312 e. The summed E-state index contributed by atoms with van der Waals surface area (Å²) in [5.41, 5.74) is -0.474. The molecule has 0 atom stereocenters. The molecular weight excluding hydrogens is 362 g/mol. The van der Waals surface area contributed by atoms with Gasteiger partial charge in [-0.1, -0.05) is 0 Å². The third kappa shape index (κ3) is 2.84. The molecule has 10 heteroatoms. The zero-order chi connectivity index (χ0) is 19.3. The number of nitro benzene ring substituents is 1. The van der Waals surface area contributed by atoms with Crippen molar-refractivity contribution in [2.45, 2.75) is 24.2 Å². The first-order valence-corrected chi connectivity index (χ1v) is 8.97. The molecule has 0 saturated carbocycles. The van der Waals surface area contributed by atoms with E-state index < -0.39 is 31.8 Å². The van der Waals surface area contributed by atoms with Crippen LogP contribution in [0.3, 0.4) is 0 Å². The lowest BCUT2D eigenvalue weighted by molar-refractivity contribution is -0.385. The second-order valence-corrected chi connectivity index (χ2v) is 8.04. The van der Waals surface area contributed by atoms with Gasteiger partial charge in [0.25, 0.3) is 10.0 Å². The molecule has 0 saturated heterocycles. The van der Waals surface area contributed by atoms with Crippen LogP contribution in [0.25, 0.3) is 0 Å². The Morgan fingerprint density at radius 2 is 1.88 bits per heavy atom. The van der Waals surface area contributed by atoms with E-state index in [1.54, 1.807) is 13.8 Å². The van der Waals surface area contributed by atoms with Crippen molar-refractivity contribution in [3.05, 3.63) is 52.1 Å². The molecule has 0 spiro atoms. The van der Waals surface area contributed by atoms with Crippen molar-refractivity contribution in [2.75, 3.05) is 10.0 Å². The number of carbonyl (C=O) groups excluding carboxylic acids is 1. The lowest BCUT2D eigenvalue weighted by Crippen LogP contribution is -2.27. The van der Waals surface area contributed by atoms with Crippen molar-refractivity contribution in [2.24, 2.45) is 0 Å². The van der Waals surface area contributed by atoms with Crippen molar-refractivity contribution in [3.63, 3.8) is 0 Å². The third-order valence-corrected chi connectivity index (χ3v) is 5.59. The summed E-state index contributed by atoms with van der Waals surface area (Å²) >= 11 is 0. The maximum atomic E-state index is 12.6. The molecule has 3 N–H and O–H groups in total. The summed E-state index contributed by atoms with van der Waals surface area (Å²) in [6, 6.07) is 7.39. The predicted molar refractivity (Wildman–Crippen MR) is 93.7 cm³/mol. The molecule has 0 unspecified atom stereocenters. The van der Waals surface area contributed by atoms with Crippen LogP contribution in [0.15, 0.2) is 41.3 Å². The topological polar surface area (TPSA) is 139 Å². The van der Waals surface area contributed by atoms with Gasteiger partial charge in [-0.05, 0) is 49.7 Å². The van der Waals surface area contributed by atoms with Gasteiger partial charge >= 0.3 is 5.69 Å². The molecular formula is C16H15N3O6S. The van der Waals surface area contributed by atoms with E-state index in [2.05, 4.69) is 10.0 Å². The number of fused-ring (bicyclic) bond motifs is 1. The van der Waals surface area contributed by atoms with Crippen LogP contribution < -0.4 is 10.0 Å². The minimum absolute atomic E-state index is 0.0662. The van der Waals surface area contributed by atoms with Gasteiger partial charge in [-0.25, -0.2) is 8.42 Å². The maximum Gasteiger partial charge on any atom is 0.312 e. The van der Waals surface area contributed by atoms with Gasteiger partial charge in [0.1, 0.15) is 0 Å². The molecule has 136 valence electrons. The zero-order valence-corrected chi connectivity index (χ0v) is 14.6. The number of phenolic OH excluding ortho intramolecular Hbond substituents is 1. The number of benzene rings is 2. The SMILES string of the molecule is CC1(C)C(=O)Nc2ccc(S(=O)(=O)Nc3ccc(O)c([N+](=O)[O-])c3)cc21. The Balaban J connectivity index is 1.98. The first-order chi connectivity index (χ1) is 12.0. The van der Waals surface area contributed by atoms with E-state index in [0.717, 1.165) is 12.1 Å². The van der Waals surface area contributed by atoms with Crippen LogP contribution >= 0.6 is 0 Å². The van der Waals surface area contributed by atoms with Gasteiger partial charge in [-0.3, -0.25) is 19.6 Å². The zero-order valence-electron chi connectivity index (χ0n) is 13.8. The number of hydrogen-bond donors (Lipinski definition) is 3. The second kappa shape index (κ2) is 5.70. The number of amides is 1. The summed E-state index contributed by atoms with van der Waals surface area (Å²) in [5, 5.41) is 23.0. The summed E-state index contributed by atoms with van der Waals surface area (Å²) in [6.45, 7) is 3.36. The quantitative estimate of drug-likeness (QED) is 0.424.